The molecule has 0 aromatic heterocycles. The number of aliphatic hydroxyl groups excluding tert-OH is 8. The molecule has 14 nitrogen and oxygen atoms in total. The molecule has 0 aliphatic carbocycles. The summed E-state index contributed by atoms with van der Waals surface area (Å²) < 4.78 is 22.8. The van der Waals surface area contributed by atoms with E-state index in [4.69, 9.17) is 18.9 Å². The summed E-state index contributed by atoms with van der Waals surface area (Å²) >= 11 is 0. The monoisotopic (exact) mass is 1080 g/mol. The van der Waals surface area contributed by atoms with Crippen LogP contribution < -0.4 is 5.32 Å². The smallest absolute Gasteiger partial charge is 0.220 e. The van der Waals surface area contributed by atoms with E-state index >= 15 is 0 Å². The van der Waals surface area contributed by atoms with Crippen LogP contribution in [-0.2, 0) is 23.7 Å². The highest BCUT2D eigenvalue weighted by Crippen LogP contribution is 2.30. The Morgan fingerprint density at radius 2 is 0.908 bits per heavy atom. The molecule has 0 aromatic carbocycles. The van der Waals surface area contributed by atoms with Gasteiger partial charge in [0.05, 0.1) is 32.0 Å². The Bertz CT molecular complexity index is 1460. The van der Waals surface area contributed by atoms with Gasteiger partial charge in [-0.25, -0.2) is 0 Å². The molecular weight excluding hydrogens is 967 g/mol. The quantitative estimate of drug-likeness (QED) is 0.0204. The Kier molecular flexibility index (Phi) is 44.0. The molecule has 0 bridgehead atoms. The largest absolute Gasteiger partial charge is 0.394 e. The number of aliphatic hydroxyl groups is 8. The standard InChI is InChI=1S/C62H113NO13/c1-3-5-7-9-11-13-15-17-19-20-21-22-23-24-25-26-27-28-29-30-32-33-35-37-39-41-43-45-51(66)50(63-54(67)46-44-42-40-38-36-34-31-18-16-14-12-10-8-6-4-2)49-73-61-59(72)57(70)60(53(48-65)75-61)76-62-58(71)56(69)55(68)52(47-64)74-62/h6,8,12,14,18,31,36,38,50-53,55-62,64-66,68-72H,3-5,7,9-11,13,15-17,19-30,32-35,37,39-49H2,1-2H3,(H,63,67)/b8-6-,14-12-,31-18-,38-36-. The van der Waals surface area contributed by atoms with E-state index in [1.807, 2.05) is 0 Å². The number of carbonyl (C=O) groups is 1. The number of hydrogen-bond donors (Lipinski definition) is 9. The molecule has 2 saturated heterocycles. The van der Waals surface area contributed by atoms with Gasteiger partial charge in [0.2, 0.25) is 5.91 Å². The molecule has 2 aliphatic heterocycles. The summed E-state index contributed by atoms with van der Waals surface area (Å²) in [6.07, 6.45) is 42.7. The van der Waals surface area contributed by atoms with Crippen molar-refractivity contribution < 1.29 is 64.6 Å². The maximum Gasteiger partial charge on any atom is 0.220 e. The maximum atomic E-state index is 13.2. The first kappa shape index (κ1) is 70.1. The van der Waals surface area contributed by atoms with E-state index in [1.165, 1.54) is 148 Å². The van der Waals surface area contributed by atoms with E-state index in [-0.39, 0.29) is 18.9 Å². The van der Waals surface area contributed by atoms with Crippen LogP contribution in [0, 0.1) is 0 Å². The Hall–Kier alpha value is -2.05. The van der Waals surface area contributed by atoms with Crippen LogP contribution in [0.15, 0.2) is 48.6 Å². The van der Waals surface area contributed by atoms with Crippen LogP contribution in [0.5, 0.6) is 0 Å². The zero-order valence-corrected chi connectivity index (χ0v) is 47.7. The fraction of sp³-hybridized carbons (Fsp3) is 0.855. The molecule has 12 unspecified atom stereocenters. The zero-order valence-electron chi connectivity index (χ0n) is 47.7. The predicted molar refractivity (Wildman–Crippen MR) is 304 cm³/mol. The van der Waals surface area contributed by atoms with E-state index in [0.29, 0.717) is 12.8 Å². The second kappa shape index (κ2) is 47.7. The van der Waals surface area contributed by atoms with Crippen molar-refractivity contribution in [2.75, 3.05) is 19.8 Å². The predicted octanol–water partition coefficient (Wildman–Crippen LogP) is 10.8. The number of allylic oxidation sites excluding steroid dienone is 8. The van der Waals surface area contributed by atoms with Gasteiger partial charge in [0.15, 0.2) is 12.6 Å². The van der Waals surface area contributed by atoms with Gasteiger partial charge in [-0.2, -0.15) is 0 Å². The normalized spacial score (nSPS) is 25.2. The Morgan fingerprint density at radius 1 is 0.487 bits per heavy atom. The second-order valence-corrected chi connectivity index (χ2v) is 21.8. The molecule has 9 N–H and O–H groups in total. The van der Waals surface area contributed by atoms with Crippen LogP contribution in [0.2, 0.25) is 0 Å². The van der Waals surface area contributed by atoms with Crippen LogP contribution in [0.25, 0.3) is 0 Å². The molecule has 0 radical (unpaired) electrons. The molecule has 0 spiro atoms. The van der Waals surface area contributed by atoms with E-state index in [0.717, 1.165) is 64.2 Å². The average Bonchev–Trinajstić information content (AvgIpc) is 3.42. The Balaban J connectivity index is 1.71. The summed E-state index contributed by atoms with van der Waals surface area (Å²) in [6, 6.07) is -0.852. The minimum Gasteiger partial charge on any atom is -0.394 e. The summed E-state index contributed by atoms with van der Waals surface area (Å²) in [6.45, 7) is 2.73. The zero-order chi connectivity index (χ0) is 55.3. The van der Waals surface area contributed by atoms with Crippen molar-refractivity contribution in [2.24, 2.45) is 0 Å². The number of rotatable bonds is 49. The van der Waals surface area contributed by atoms with Gasteiger partial charge in [0.1, 0.15) is 48.8 Å². The highest BCUT2D eigenvalue weighted by molar-refractivity contribution is 5.76. The highest BCUT2D eigenvalue weighted by Gasteiger charge is 2.51. The molecule has 12 atom stereocenters. The number of hydrogen-bond acceptors (Lipinski definition) is 13. The molecule has 1 amide bonds. The summed E-state index contributed by atoms with van der Waals surface area (Å²) in [4.78, 5) is 13.2. The summed E-state index contributed by atoms with van der Waals surface area (Å²) in [5.74, 6) is -0.246. The van der Waals surface area contributed by atoms with Crippen molar-refractivity contribution in [2.45, 2.75) is 319 Å². The lowest BCUT2D eigenvalue weighted by Gasteiger charge is -2.46. The molecule has 0 saturated carbocycles. The van der Waals surface area contributed by atoms with Crippen molar-refractivity contribution in [3.63, 3.8) is 0 Å². The third-order valence-electron chi connectivity index (χ3n) is 15.1. The molecule has 14 heteroatoms. The van der Waals surface area contributed by atoms with E-state index < -0.39 is 86.8 Å². The number of carbonyl (C=O) groups excluding carboxylic acids is 1. The van der Waals surface area contributed by atoms with Crippen molar-refractivity contribution in [1.29, 1.82) is 0 Å². The summed E-state index contributed by atoms with van der Waals surface area (Å²) in [5.41, 5.74) is 0. The minimum absolute atomic E-state index is 0.246. The first-order valence-corrected chi connectivity index (χ1v) is 30.9. The van der Waals surface area contributed by atoms with Gasteiger partial charge in [-0.15, -0.1) is 0 Å². The number of nitrogens with one attached hydrogen (secondary N) is 1. The lowest BCUT2D eigenvalue weighted by Crippen LogP contribution is -2.65. The summed E-state index contributed by atoms with van der Waals surface area (Å²) in [7, 11) is 0. The average molecular weight is 1080 g/mol. The molecule has 2 aliphatic rings. The fourth-order valence-corrected chi connectivity index (χ4v) is 10.1. The lowest BCUT2D eigenvalue weighted by molar-refractivity contribution is -0.359. The van der Waals surface area contributed by atoms with Gasteiger partial charge in [0, 0.05) is 6.42 Å². The van der Waals surface area contributed by atoms with Crippen LogP contribution in [0.1, 0.15) is 245 Å². The molecule has 444 valence electrons. The fourth-order valence-electron chi connectivity index (χ4n) is 10.1. The third-order valence-corrected chi connectivity index (χ3v) is 15.1. The third kappa shape index (κ3) is 32.9. The van der Waals surface area contributed by atoms with E-state index in [9.17, 15) is 45.6 Å². The first-order chi connectivity index (χ1) is 37.1. The topological polar surface area (TPSA) is 228 Å². The van der Waals surface area contributed by atoms with Crippen molar-refractivity contribution in [3.8, 4) is 0 Å². The van der Waals surface area contributed by atoms with Gasteiger partial charge in [-0.3, -0.25) is 4.79 Å². The van der Waals surface area contributed by atoms with Gasteiger partial charge < -0.3 is 65.1 Å². The SMILES string of the molecule is CC/C=C\C/C=C\C/C=C\C/C=C\CCCCC(=O)NC(COC1OC(CO)C(OC2OC(CO)C(O)C(O)C2O)C(O)C1O)C(O)CCCCCCCCCCCCCCCCCCCCCCCCCCCCC. The van der Waals surface area contributed by atoms with Gasteiger partial charge >= 0.3 is 0 Å². The van der Waals surface area contributed by atoms with Crippen molar-refractivity contribution in [1.82, 2.24) is 5.32 Å². The Labute approximate surface area is 461 Å². The lowest BCUT2D eigenvalue weighted by atomic mass is 9.97. The molecule has 2 heterocycles. The number of ether oxygens (including phenoxy) is 4. The maximum absolute atomic E-state index is 13.2. The van der Waals surface area contributed by atoms with E-state index in [1.54, 1.807) is 0 Å². The number of unbranched alkanes of at least 4 members (excludes halogenated alkanes) is 28. The molecule has 76 heavy (non-hydrogen) atoms. The van der Waals surface area contributed by atoms with Crippen LogP contribution in [-0.4, -0.2) is 140 Å². The number of amides is 1. The van der Waals surface area contributed by atoms with Crippen LogP contribution in [0.3, 0.4) is 0 Å². The second-order valence-electron chi connectivity index (χ2n) is 21.8. The van der Waals surface area contributed by atoms with Gasteiger partial charge in [0.25, 0.3) is 0 Å². The molecular formula is C62H113NO13. The van der Waals surface area contributed by atoms with Crippen molar-refractivity contribution in [3.05, 3.63) is 48.6 Å². The molecule has 2 fully saturated rings. The molecule has 0 aromatic rings. The van der Waals surface area contributed by atoms with E-state index in [2.05, 4.69) is 67.8 Å². The van der Waals surface area contributed by atoms with Gasteiger partial charge in [-0.05, 0) is 51.4 Å². The first-order valence-electron chi connectivity index (χ1n) is 30.9. The van der Waals surface area contributed by atoms with Crippen molar-refractivity contribution >= 4 is 5.91 Å². The minimum atomic E-state index is -1.79. The Morgan fingerprint density at radius 3 is 1.37 bits per heavy atom. The van der Waals surface area contributed by atoms with Crippen LogP contribution >= 0.6 is 0 Å². The summed E-state index contributed by atoms with van der Waals surface area (Å²) in [5, 5.41) is 87.2. The van der Waals surface area contributed by atoms with Crippen LogP contribution in [0.4, 0.5) is 0 Å². The van der Waals surface area contributed by atoms with Gasteiger partial charge in [-0.1, -0.05) is 236 Å². The highest BCUT2D eigenvalue weighted by atomic mass is 16.7. The molecule has 2 rings (SSSR count).